The van der Waals surface area contributed by atoms with Gasteiger partial charge in [0, 0.05) is 31.1 Å². The average molecular weight is 321 g/mol. The molecule has 0 aliphatic heterocycles. The van der Waals surface area contributed by atoms with E-state index in [0.29, 0.717) is 15.9 Å². The number of rotatable bonds is 4. The number of halogens is 2. The van der Waals surface area contributed by atoms with Crippen molar-refractivity contribution in [3.8, 4) is 0 Å². The number of thioether (sulfide) groups is 1. The molecule has 0 amide bonds. The average Bonchev–Trinajstić information content (AvgIpc) is 2.76. The van der Waals surface area contributed by atoms with Gasteiger partial charge in [0.1, 0.15) is 5.15 Å². The van der Waals surface area contributed by atoms with Crippen LogP contribution in [0.3, 0.4) is 0 Å². The van der Waals surface area contributed by atoms with Crippen molar-refractivity contribution in [3.63, 3.8) is 0 Å². The lowest BCUT2D eigenvalue weighted by atomic mass is 10.3. The van der Waals surface area contributed by atoms with Gasteiger partial charge in [-0.25, -0.2) is 4.98 Å². The molecule has 0 radical (unpaired) electrons. The number of hydrogen-bond acceptors (Lipinski definition) is 6. The Labute approximate surface area is 123 Å². The number of nitrogens with zero attached hydrogens (tertiary/aromatic N) is 4. The van der Waals surface area contributed by atoms with Gasteiger partial charge in [0.25, 0.3) is 0 Å². The van der Waals surface area contributed by atoms with Crippen LogP contribution in [0.25, 0.3) is 0 Å². The Morgan fingerprint density at radius 3 is 2.72 bits per heavy atom. The third-order valence-corrected chi connectivity index (χ3v) is 4.86. The van der Waals surface area contributed by atoms with Gasteiger partial charge in [0.15, 0.2) is 4.34 Å². The van der Waals surface area contributed by atoms with Gasteiger partial charge < -0.3 is 4.90 Å². The number of aromatic nitrogens is 3. The molecule has 4 nitrogen and oxygen atoms in total. The lowest BCUT2D eigenvalue weighted by Crippen LogP contribution is -2.07. The highest BCUT2D eigenvalue weighted by molar-refractivity contribution is 8.00. The molecule has 0 aliphatic rings. The Bertz CT molecular complexity index is 544. The van der Waals surface area contributed by atoms with Crippen LogP contribution in [0.1, 0.15) is 5.56 Å². The summed E-state index contributed by atoms with van der Waals surface area (Å²) in [6.45, 7) is 0. The fourth-order valence-electron chi connectivity index (χ4n) is 1.12. The van der Waals surface area contributed by atoms with Crippen LogP contribution in [0.15, 0.2) is 16.6 Å². The molecule has 0 saturated heterocycles. The van der Waals surface area contributed by atoms with Crippen LogP contribution in [-0.2, 0) is 5.75 Å². The predicted octanol–water partition coefficient (Wildman–Crippen LogP) is 3.60. The van der Waals surface area contributed by atoms with E-state index < -0.39 is 0 Å². The molecule has 0 saturated carbocycles. The van der Waals surface area contributed by atoms with Crippen LogP contribution in [0.2, 0.25) is 10.2 Å². The zero-order chi connectivity index (χ0) is 13.1. The van der Waals surface area contributed by atoms with Crippen molar-refractivity contribution in [1.29, 1.82) is 0 Å². The molecule has 0 fully saturated rings. The molecule has 2 aromatic rings. The van der Waals surface area contributed by atoms with E-state index in [1.165, 1.54) is 0 Å². The van der Waals surface area contributed by atoms with Gasteiger partial charge in [-0.1, -0.05) is 46.3 Å². The summed E-state index contributed by atoms with van der Waals surface area (Å²) in [7, 11) is 3.88. The first-order valence-electron chi connectivity index (χ1n) is 5.00. The summed E-state index contributed by atoms with van der Waals surface area (Å²) >= 11 is 14.9. The molecule has 8 heteroatoms. The van der Waals surface area contributed by atoms with Crippen molar-refractivity contribution in [2.45, 2.75) is 10.1 Å². The van der Waals surface area contributed by atoms with Gasteiger partial charge in [0.2, 0.25) is 5.13 Å². The van der Waals surface area contributed by atoms with E-state index in [1.54, 1.807) is 35.4 Å². The van der Waals surface area contributed by atoms with Crippen molar-refractivity contribution < 1.29 is 0 Å². The minimum absolute atomic E-state index is 0.402. The summed E-state index contributed by atoms with van der Waals surface area (Å²) in [6.07, 6.45) is 1.69. The van der Waals surface area contributed by atoms with Crippen molar-refractivity contribution in [2.24, 2.45) is 0 Å². The van der Waals surface area contributed by atoms with Crippen LogP contribution < -0.4 is 4.90 Å². The molecular formula is C10H10Cl2N4S2. The normalized spacial score (nSPS) is 10.7. The highest BCUT2D eigenvalue weighted by Crippen LogP contribution is 2.31. The minimum Gasteiger partial charge on any atom is -0.353 e. The van der Waals surface area contributed by atoms with E-state index in [9.17, 15) is 0 Å². The molecular weight excluding hydrogens is 311 g/mol. The highest BCUT2D eigenvalue weighted by Gasteiger charge is 2.08. The van der Waals surface area contributed by atoms with Gasteiger partial charge in [-0.05, 0) is 11.6 Å². The molecule has 0 unspecified atom stereocenters. The first-order valence-corrected chi connectivity index (χ1v) is 7.55. The molecule has 18 heavy (non-hydrogen) atoms. The Hall–Kier alpha value is -0.560. The monoisotopic (exact) mass is 320 g/mol. The van der Waals surface area contributed by atoms with Crippen molar-refractivity contribution >= 4 is 51.4 Å². The highest BCUT2D eigenvalue weighted by atomic mass is 35.5. The summed E-state index contributed by atoms with van der Waals surface area (Å²) in [5, 5.41) is 10.1. The molecule has 0 aromatic carbocycles. The van der Waals surface area contributed by atoms with Gasteiger partial charge in [-0.2, -0.15) is 0 Å². The molecule has 0 aliphatic carbocycles. The summed E-state index contributed by atoms with van der Waals surface area (Å²) in [4.78, 5) is 5.94. The minimum atomic E-state index is 0.402. The van der Waals surface area contributed by atoms with Crippen molar-refractivity contribution in [1.82, 2.24) is 15.2 Å². The number of hydrogen-bond donors (Lipinski definition) is 0. The van der Waals surface area contributed by atoms with E-state index >= 15 is 0 Å². The maximum atomic E-state index is 6.07. The third kappa shape index (κ3) is 3.47. The zero-order valence-electron chi connectivity index (χ0n) is 9.72. The standard InChI is InChI=1S/C10H10Cl2N4S2/c1-16(2)9-14-15-10(18-9)17-5-6-4-13-8(12)3-7(6)11/h3-4H,5H2,1-2H3. The molecule has 0 bridgehead atoms. The fourth-order valence-corrected chi connectivity index (χ4v) is 3.38. The van der Waals surface area contributed by atoms with Crippen molar-refractivity contribution in [2.75, 3.05) is 19.0 Å². The largest absolute Gasteiger partial charge is 0.353 e. The van der Waals surface area contributed by atoms with Crippen LogP contribution >= 0.6 is 46.3 Å². The van der Waals surface area contributed by atoms with E-state index in [4.69, 9.17) is 23.2 Å². The summed E-state index contributed by atoms with van der Waals surface area (Å²) in [6, 6.07) is 1.64. The van der Waals surface area contributed by atoms with Crippen molar-refractivity contribution in [3.05, 3.63) is 28.0 Å². The molecule has 0 N–H and O–H groups in total. The van der Waals surface area contributed by atoms with Crippen LogP contribution in [0, 0.1) is 0 Å². The Balaban J connectivity index is 2.02. The van der Waals surface area contributed by atoms with Crippen LogP contribution in [0.5, 0.6) is 0 Å². The molecule has 0 spiro atoms. The lowest BCUT2D eigenvalue weighted by Gasteiger charge is -2.04. The smallest absolute Gasteiger partial charge is 0.208 e. The fraction of sp³-hybridized carbons (Fsp3) is 0.300. The van der Waals surface area contributed by atoms with E-state index in [0.717, 1.165) is 15.0 Å². The van der Waals surface area contributed by atoms with Gasteiger partial charge in [-0.15, -0.1) is 10.2 Å². The molecule has 2 aromatic heterocycles. The SMILES string of the molecule is CN(C)c1nnc(SCc2cnc(Cl)cc2Cl)s1. The Morgan fingerprint density at radius 1 is 1.33 bits per heavy atom. The van der Waals surface area contributed by atoms with Crippen LogP contribution in [-0.4, -0.2) is 29.3 Å². The van der Waals surface area contributed by atoms with Gasteiger partial charge in [0.05, 0.1) is 0 Å². The van der Waals surface area contributed by atoms with Crippen LogP contribution in [0.4, 0.5) is 5.13 Å². The number of anilines is 1. The zero-order valence-corrected chi connectivity index (χ0v) is 12.9. The third-order valence-electron chi connectivity index (χ3n) is 2.03. The molecule has 96 valence electrons. The first-order chi connectivity index (χ1) is 8.56. The van der Waals surface area contributed by atoms with Gasteiger partial charge >= 0.3 is 0 Å². The Kier molecular flexibility index (Phi) is 4.66. The lowest BCUT2D eigenvalue weighted by molar-refractivity contribution is 0.972. The topological polar surface area (TPSA) is 41.9 Å². The number of pyridine rings is 1. The van der Waals surface area contributed by atoms with E-state index in [2.05, 4.69) is 15.2 Å². The Morgan fingerprint density at radius 2 is 2.11 bits per heavy atom. The first kappa shape index (κ1) is 13.9. The quantitative estimate of drug-likeness (QED) is 0.636. The summed E-state index contributed by atoms with van der Waals surface area (Å²) in [5.74, 6) is 0.699. The molecule has 2 rings (SSSR count). The molecule has 2 heterocycles. The van der Waals surface area contributed by atoms with Gasteiger partial charge in [-0.3, -0.25) is 0 Å². The second kappa shape index (κ2) is 6.06. The maximum Gasteiger partial charge on any atom is 0.208 e. The summed E-state index contributed by atoms with van der Waals surface area (Å²) in [5.41, 5.74) is 0.938. The second-order valence-corrected chi connectivity index (χ2v) is 6.60. The summed E-state index contributed by atoms with van der Waals surface area (Å²) < 4.78 is 0.907. The van der Waals surface area contributed by atoms with E-state index in [-0.39, 0.29) is 0 Å². The second-order valence-electron chi connectivity index (χ2n) is 3.63. The maximum absolute atomic E-state index is 6.07. The molecule has 0 atom stereocenters. The van der Waals surface area contributed by atoms with E-state index in [1.807, 2.05) is 19.0 Å². The predicted molar refractivity (Wildman–Crippen MR) is 78.1 cm³/mol.